The highest BCUT2D eigenvalue weighted by Crippen LogP contribution is 2.17. The molecule has 0 aliphatic carbocycles. The van der Waals surface area contributed by atoms with Gasteiger partial charge >= 0.3 is 0 Å². The molecule has 0 aliphatic rings. The smallest absolute Gasteiger partial charge is 0.255 e. The Hall–Kier alpha value is -0.790. The molecule has 0 unspecified atom stereocenters. The lowest BCUT2D eigenvalue weighted by Crippen LogP contribution is -2.26. The minimum absolute atomic E-state index is 0.166. The summed E-state index contributed by atoms with van der Waals surface area (Å²) in [6.45, 7) is 0.663. The first-order valence-electron chi connectivity index (χ1n) is 5.58. The van der Waals surface area contributed by atoms with E-state index in [2.05, 4.69) is 37.9 Å². The van der Waals surface area contributed by atoms with E-state index < -0.39 is 0 Å². The number of hydrogen-bond donors (Lipinski definition) is 3. The van der Waals surface area contributed by atoms with Crippen molar-refractivity contribution in [1.82, 2.24) is 10.3 Å². The fourth-order valence-corrected chi connectivity index (χ4v) is 2.22. The number of nitrogens with two attached hydrogens (primary N) is 1. The highest BCUT2D eigenvalue weighted by molar-refractivity contribution is 9.10. The first-order valence-corrected chi connectivity index (χ1v) is 7.77. The third-order valence-corrected chi connectivity index (χ3v) is 3.43. The van der Waals surface area contributed by atoms with E-state index in [0.717, 1.165) is 23.1 Å². The first-order chi connectivity index (χ1) is 8.69. The maximum Gasteiger partial charge on any atom is 0.255 e. The Bertz CT molecular complexity index is 403. The van der Waals surface area contributed by atoms with Crippen LogP contribution in [0.15, 0.2) is 16.7 Å². The summed E-state index contributed by atoms with van der Waals surface area (Å²) >= 11 is 5.09. The first kappa shape index (κ1) is 15.3. The number of amides is 1. The molecule has 1 aromatic rings. The zero-order valence-corrected chi connectivity index (χ0v) is 12.6. The van der Waals surface area contributed by atoms with Crippen LogP contribution in [0.2, 0.25) is 0 Å². The number of hydrogen-bond acceptors (Lipinski definition) is 5. The molecule has 1 rings (SSSR count). The molecule has 0 atom stereocenters. The molecule has 18 heavy (non-hydrogen) atoms. The van der Waals surface area contributed by atoms with Crippen molar-refractivity contribution in [3.63, 3.8) is 0 Å². The van der Waals surface area contributed by atoms with Crippen molar-refractivity contribution in [2.45, 2.75) is 12.8 Å². The van der Waals surface area contributed by atoms with Gasteiger partial charge in [-0.05, 0) is 46.8 Å². The average Bonchev–Trinajstić information content (AvgIpc) is 2.38. The largest absolute Gasteiger partial charge is 0.352 e. The number of unbranched alkanes of at least 4 members (excludes halogenated alkanes) is 1. The van der Waals surface area contributed by atoms with E-state index in [1.54, 1.807) is 12.3 Å². The van der Waals surface area contributed by atoms with Crippen LogP contribution in [-0.4, -0.2) is 29.4 Å². The lowest BCUT2D eigenvalue weighted by molar-refractivity contribution is 0.0953. The molecule has 1 aromatic heterocycles. The van der Waals surface area contributed by atoms with Gasteiger partial charge in [0.2, 0.25) is 0 Å². The number of carbonyl (C=O) groups excluding carboxylic acids is 1. The number of anilines is 1. The Labute approximate surface area is 119 Å². The molecule has 0 spiro atoms. The Morgan fingerprint density at radius 2 is 2.33 bits per heavy atom. The van der Waals surface area contributed by atoms with Gasteiger partial charge in [-0.1, -0.05) is 0 Å². The monoisotopic (exact) mass is 332 g/mol. The fourth-order valence-electron chi connectivity index (χ4n) is 1.40. The highest BCUT2D eigenvalue weighted by Gasteiger charge is 2.12. The number of nitrogen functional groups attached to an aromatic ring is 1. The van der Waals surface area contributed by atoms with E-state index in [4.69, 9.17) is 5.84 Å². The quantitative estimate of drug-likeness (QED) is 0.404. The molecule has 0 radical (unpaired) electrons. The van der Waals surface area contributed by atoms with Crippen molar-refractivity contribution >= 4 is 39.4 Å². The van der Waals surface area contributed by atoms with Crippen molar-refractivity contribution in [2.75, 3.05) is 24.0 Å². The van der Waals surface area contributed by atoms with Gasteiger partial charge in [-0.25, -0.2) is 10.8 Å². The van der Waals surface area contributed by atoms with Crippen molar-refractivity contribution < 1.29 is 4.79 Å². The summed E-state index contributed by atoms with van der Waals surface area (Å²) in [5.41, 5.74) is 2.86. The van der Waals surface area contributed by atoms with Gasteiger partial charge < -0.3 is 10.7 Å². The highest BCUT2D eigenvalue weighted by atomic mass is 79.9. The molecule has 0 fully saturated rings. The van der Waals surface area contributed by atoms with E-state index in [1.165, 1.54) is 0 Å². The Morgan fingerprint density at radius 1 is 1.56 bits per heavy atom. The second-order valence-electron chi connectivity index (χ2n) is 3.65. The maximum atomic E-state index is 11.9. The minimum Gasteiger partial charge on any atom is -0.352 e. The van der Waals surface area contributed by atoms with E-state index in [1.807, 2.05) is 11.8 Å². The molecule has 0 saturated carbocycles. The van der Waals surface area contributed by atoms with Crippen molar-refractivity contribution in [3.8, 4) is 0 Å². The van der Waals surface area contributed by atoms with Gasteiger partial charge in [0.25, 0.3) is 5.91 Å². The predicted octanol–water partition coefficient (Wildman–Crippen LogP) is 2.00. The van der Waals surface area contributed by atoms with Crippen LogP contribution in [0.4, 0.5) is 5.82 Å². The number of pyridine rings is 1. The molecule has 5 nitrogen and oxygen atoms in total. The summed E-state index contributed by atoms with van der Waals surface area (Å²) in [6, 6.07) is 1.69. The molecule has 1 heterocycles. The van der Waals surface area contributed by atoms with Crippen LogP contribution in [0.3, 0.4) is 0 Å². The van der Waals surface area contributed by atoms with Crippen LogP contribution in [0.5, 0.6) is 0 Å². The van der Waals surface area contributed by atoms with Gasteiger partial charge in [0.05, 0.1) is 5.56 Å². The van der Waals surface area contributed by atoms with Crippen LogP contribution in [-0.2, 0) is 0 Å². The maximum absolute atomic E-state index is 11.9. The van der Waals surface area contributed by atoms with Gasteiger partial charge in [0.15, 0.2) is 5.82 Å². The van der Waals surface area contributed by atoms with Crippen LogP contribution < -0.4 is 16.6 Å². The number of halogens is 1. The summed E-state index contributed by atoms with van der Waals surface area (Å²) in [5, 5.41) is 2.86. The Morgan fingerprint density at radius 3 is 3.00 bits per heavy atom. The number of carbonyl (C=O) groups is 1. The average molecular weight is 333 g/mol. The third-order valence-electron chi connectivity index (χ3n) is 2.30. The third kappa shape index (κ3) is 4.83. The molecule has 1 amide bonds. The Kier molecular flexibility index (Phi) is 7.07. The van der Waals surface area contributed by atoms with Gasteiger partial charge in [-0.15, -0.1) is 0 Å². The second kappa shape index (κ2) is 8.34. The summed E-state index contributed by atoms with van der Waals surface area (Å²) in [5.74, 6) is 6.65. The van der Waals surface area contributed by atoms with Crippen LogP contribution in [0, 0.1) is 0 Å². The molecular formula is C11H17BrN4OS. The lowest BCUT2D eigenvalue weighted by atomic mass is 10.2. The van der Waals surface area contributed by atoms with Gasteiger partial charge in [-0.3, -0.25) is 4.79 Å². The number of thioether (sulfide) groups is 1. The molecule has 0 saturated heterocycles. The zero-order valence-electron chi connectivity index (χ0n) is 10.2. The normalized spacial score (nSPS) is 10.2. The van der Waals surface area contributed by atoms with Gasteiger partial charge in [-0.2, -0.15) is 11.8 Å². The minimum atomic E-state index is -0.166. The number of hydrazine groups is 1. The van der Waals surface area contributed by atoms with Crippen LogP contribution in [0.25, 0.3) is 0 Å². The topological polar surface area (TPSA) is 80.0 Å². The van der Waals surface area contributed by atoms with Crippen LogP contribution >= 0.6 is 27.7 Å². The van der Waals surface area contributed by atoms with Gasteiger partial charge in [0.1, 0.15) is 0 Å². The van der Waals surface area contributed by atoms with Crippen molar-refractivity contribution in [1.29, 1.82) is 0 Å². The SMILES string of the molecule is CSCCCCNC(=O)c1cc(Br)cnc1NN. The van der Waals surface area contributed by atoms with Crippen LogP contribution in [0.1, 0.15) is 23.2 Å². The molecule has 4 N–H and O–H groups in total. The summed E-state index contributed by atoms with van der Waals surface area (Å²) in [6.07, 6.45) is 5.73. The van der Waals surface area contributed by atoms with E-state index in [-0.39, 0.29) is 5.91 Å². The molecule has 7 heteroatoms. The van der Waals surface area contributed by atoms with Crippen molar-refractivity contribution in [2.24, 2.45) is 5.84 Å². The van der Waals surface area contributed by atoms with E-state index in [0.29, 0.717) is 17.9 Å². The molecule has 100 valence electrons. The summed E-state index contributed by atoms with van der Waals surface area (Å²) < 4.78 is 0.744. The molecular weight excluding hydrogens is 316 g/mol. The predicted molar refractivity (Wildman–Crippen MR) is 79.7 cm³/mol. The molecule has 0 aliphatic heterocycles. The number of rotatable bonds is 7. The molecule has 0 aromatic carbocycles. The zero-order chi connectivity index (χ0) is 13.4. The standard InChI is InChI=1S/C11H17BrN4OS/c1-18-5-3-2-4-14-11(17)9-6-8(12)7-15-10(9)16-13/h6-7H,2-5,13H2,1H3,(H,14,17)(H,15,16). The second-order valence-corrected chi connectivity index (χ2v) is 5.55. The van der Waals surface area contributed by atoms with Gasteiger partial charge in [0, 0.05) is 17.2 Å². The summed E-state index contributed by atoms with van der Waals surface area (Å²) in [7, 11) is 0. The number of aromatic nitrogens is 1. The number of nitrogens with zero attached hydrogens (tertiary/aromatic N) is 1. The fraction of sp³-hybridized carbons (Fsp3) is 0.455. The molecule has 0 bridgehead atoms. The summed E-state index contributed by atoms with van der Waals surface area (Å²) in [4.78, 5) is 16.0. The van der Waals surface area contributed by atoms with E-state index >= 15 is 0 Å². The Balaban J connectivity index is 2.52. The number of nitrogens with one attached hydrogen (secondary N) is 2. The van der Waals surface area contributed by atoms with Crippen molar-refractivity contribution in [3.05, 3.63) is 22.3 Å². The lowest BCUT2D eigenvalue weighted by Gasteiger charge is -2.09. The van der Waals surface area contributed by atoms with E-state index in [9.17, 15) is 4.79 Å².